The number of unbranched alkanes of at least 4 members (excludes halogenated alkanes) is 1. The first kappa shape index (κ1) is 83.8. The van der Waals surface area contributed by atoms with Gasteiger partial charge in [0.2, 0.25) is 65.0 Å². The number of carbonyl (C=O) groups excluding carboxylic acids is 11. The fourth-order valence-corrected chi connectivity index (χ4v) is 12.1. The zero-order valence-electron chi connectivity index (χ0n) is 61.3. The van der Waals surface area contributed by atoms with Gasteiger partial charge in [0.25, 0.3) is 0 Å². The predicted octanol–water partition coefficient (Wildman–Crippen LogP) is 2.74. The summed E-state index contributed by atoms with van der Waals surface area (Å²) in [5, 5.41) is 23.2. The van der Waals surface area contributed by atoms with Crippen molar-refractivity contribution in [2.45, 2.75) is 228 Å². The highest BCUT2D eigenvalue weighted by Crippen LogP contribution is 2.26. The van der Waals surface area contributed by atoms with Gasteiger partial charge in [-0.2, -0.15) is 0 Å². The Morgan fingerprint density at radius 2 is 1.02 bits per heavy atom. The quantitative estimate of drug-likeness (QED) is 0.0865. The molecule has 2 rings (SSSR count). The van der Waals surface area contributed by atoms with Crippen molar-refractivity contribution in [3.8, 4) is 0 Å². The molecule has 0 unspecified atom stereocenters. The Kier molecular flexibility index (Phi) is 35.4. The molecule has 538 valence electrons. The van der Waals surface area contributed by atoms with E-state index in [2.05, 4.69) is 26.2 Å². The van der Waals surface area contributed by atoms with E-state index in [1.165, 1.54) is 82.8 Å². The summed E-state index contributed by atoms with van der Waals surface area (Å²) in [4.78, 5) is 173. The maximum Gasteiger partial charge on any atom is 0.246 e. The number of ether oxygens (including phenoxy) is 2. The molecule has 0 radical (unpaired) electrons. The number of rotatable bonds is 20. The summed E-state index contributed by atoms with van der Waals surface area (Å²) in [6.45, 7) is 31.1. The van der Waals surface area contributed by atoms with Gasteiger partial charge in [0.1, 0.15) is 60.4 Å². The average Bonchev–Trinajstić information content (AvgIpc) is 0.810. The van der Waals surface area contributed by atoms with Gasteiger partial charge in [0, 0.05) is 69.0 Å². The molecule has 2 fully saturated rings. The Morgan fingerprint density at radius 3 is 1.53 bits per heavy atom. The summed E-state index contributed by atoms with van der Waals surface area (Å²) in [5.41, 5.74) is 0. The number of nitrogens with one attached hydrogen (secondary N) is 4. The lowest BCUT2D eigenvalue weighted by atomic mass is 9.91. The van der Waals surface area contributed by atoms with E-state index in [4.69, 9.17) is 9.47 Å². The molecule has 2 heterocycles. The smallest absolute Gasteiger partial charge is 0.246 e. The highest BCUT2D eigenvalue weighted by molar-refractivity contribution is 5.99. The van der Waals surface area contributed by atoms with Gasteiger partial charge >= 0.3 is 0 Å². The zero-order chi connectivity index (χ0) is 71.9. The third kappa shape index (κ3) is 24.1. The number of hydrogen-bond acceptors (Lipinski definition) is 15. The van der Waals surface area contributed by atoms with E-state index in [-0.39, 0.29) is 50.0 Å². The minimum Gasteiger partial charge on any atom is -0.390 e. The van der Waals surface area contributed by atoms with Crippen LogP contribution in [0.15, 0.2) is 12.2 Å². The molecule has 0 aromatic rings. The van der Waals surface area contributed by atoms with Crippen molar-refractivity contribution in [3.63, 3.8) is 0 Å². The minimum atomic E-state index is -1.63. The molecule has 26 nitrogen and oxygen atoms in total. The number of carbonyl (C=O) groups is 11. The molecule has 2 aliphatic rings. The van der Waals surface area contributed by atoms with Crippen molar-refractivity contribution >= 4 is 65.0 Å². The molecule has 0 aliphatic carbocycles. The van der Waals surface area contributed by atoms with Crippen LogP contribution in [0.2, 0.25) is 0 Å². The van der Waals surface area contributed by atoms with Crippen LogP contribution in [-0.4, -0.2) is 277 Å². The van der Waals surface area contributed by atoms with E-state index in [0.717, 1.165) is 40.8 Å². The highest BCUT2D eigenvalue weighted by atomic mass is 16.5. The minimum absolute atomic E-state index is 0.00187. The van der Waals surface area contributed by atoms with E-state index < -0.39 is 162 Å². The third-order valence-electron chi connectivity index (χ3n) is 18.1. The lowest BCUT2D eigenvalue weighted by Crippen LogP contribution is -2.63. The molecular weight excluding hydrogens is 1210 g/mol. The van der Waals surface area contributed by atoms with Crippen LogP contribution in [0.25, 0.3) is 0 Å². The Labute approximate surface area is 562 Å². The molecule has 0 aromatic heterocycles. The summed E-state index contributed by atoms with van der Waals surface area (Å²) in [6.07, 6.45) is 3.21. The van der Waals surface area contributed by atoms with Gasteiger partial charge in [0.15, 0.2) is 0 Å². The lowest BCUT2D eigenvalue weighted by Gasteiger charge is -2.41. The van der Waals surface area contributed by atoms with Crippen LogP contribution in [0.3, 0.4) is 0 Å². The topological polar surface area (TPSA) is 300 Å². The van der Waals surface area contributed by atoms with Crippen LogP contribution in [-0.2, 0) is 62.2 Å². The monoisotopic (exact) mass is 1330 g/mol. The van der Waals surface area contributed by atoms with Gasteiger partial charge in [0.05, 0.1) is 32.0 Å². The molecule has 26 heteroatoms. The largest absolute Gasteiger partial charge is 0.390 e. The van der Waals surface area contributed by atoms with E-state index in [1.807, 2.05) is 41.5 Å². The van der Waals surface area contributed by atoms with Gasteiger partial charge in [-0.05, 0) is 115 Å². The standard InChI is InChI=1S/C68H122N12O14/c1-24-26-29-45(13)58(82)57-62(86)71-49(25-2)64(88)73(17)39-53(81)77(21)56(48(16)94-33-28-27-30-80-31-34-93-35-32-80)61(85)72-54(43(9)10)67(91)74(18)50(36-40(3)4)60(84)69-46(14)59(83)70-47(15)63(87)75(19)51(37-41(5)6)65(89)76(20)52(38-42(7)8)66(90)78(22)55(44(11)12)68(92)79(57)23/h24,26,40-52,54-58,82H,25,27-39H2,1-23H3,(H,69,84)(H,70,83)(H,71,86)(H,72,85)/t45-,46+,47-,48-,49+,50+,51+,52-,54+,55+,56+,57+,58-/m1/s1. The Hall–Kier alpha value is -6.25. The average molecular weight is 1330 g/mol. The molecular formula is C68H122N12O14. The number of allylic oxidation sites excluding steroid dienone is 2. The van der Waals surface area contributed by atoms with Gasteiger partial charge in [-0.15, -0.1) is 0 Å². The van der Waals surface area contributed by atoms with Crippen molar-refractivity contribution in [2.24, 2.45) is 35.5 Å². The Bertz CT molecular complexity index is 2540. The normalized spacial score (nSPS) is 26.9. The van der Waals surface area contributed by atoms with Crippen molar-refractivity contribution in [2.75, 3.05) is 95.3 Å². The van der Waals surface area contributed by atoms with E-state index in [1.54, 1.807) is 67.5 Å². The van der Waals surface area contributed by atoms with Crippen LogP contribution in [0.1, 0.15) is 156 Å². The number of morpholine rings is 1. The maximum absolute atomic E-state index is 15.2. The van der Waals surface area contributed by atoms with Crippen LogP contribution in [0.5, 0.6) is 0 Å². The second kappa shape index (κ2) is 39.7. The second-order valence-corrected chi connectivity index (χ2v) is 28.1. The molecule has 0 spiro atoms. The van der Waals surface area contributed by atoms with Gasteiger partial charge < -0.3 is 70.1 Å². The van der Waals surface area contributed by atoms with Crippen LogP contribution in [0, 0.1) is 35.5 Å². The number of aliphatic hydroxyl groups excluding tert-OH is 1. The molecule has 0 bridgehead atoms. The first-order valence-electron chi connectivity index (χ1n) is 34.1. The third-order valence-corrected chi connectivity index (χ3v) is 18.1. The molecule has 2 aliphatic heterocycles. The fourth-order valence-electron chi connectivity index (χ4n) is 12.1. The molecule has 94 heavy (non-hydrogen) atoms. The molecule has 0 saturated carbocycles. The maximum atomic E-state index is 15.2. The predicted molar refractivity (Wildman–Crippen MR) is 361 cm³/mol. The van der Waals surface area contributed by atoms with E-state index >= 15 is 14.4 Å². The number of aliphatic hydroxyl groups is 1. The summed E-state index contributed by atoms with van der Waals surface area (Å²) in [6, 6.07) is -12.8. The number of nitrogens with zero attached hydrogens (tertiary/aromatic N) is 8. The SMILES string of the molecule is CC=CC[C@@H](C)[C@@H](O)[C@H]1C(=O)N[C@@H](CC)C(=O)N(C)CC(=O)N(C)[C@@H]([C@@H](C)OCCCCN2CCOCC2)C(=O)N[C@@H](C(C)C)C(=O)N(C)[C@@H](CC(C)C)C(=O)N[C@@H](C)C(=O)N[C@H](C)C(=O)N(C)[C@@H](CC(C)C)C(=O)N(C)[C@H](CC(C)C)C(=O)N(C)[C@@H](C(C)C)C(=O)N1C. The van der Waals surface area contributed by atoms with E-state index in [9.17, 15) is 43.5 Å². The van der Waals surface area contributed by atoms with Gasteiger partial charge in [-0.25, -0.2) is 0 Å². The Balaban J connectivity index is 2.97. The number of likely N-dealkylation sites (N-methyl/N-ethyl adjacent to an activating group) is 7. The number of hydrogen-bond donors (Lipinski definition) is 5. The van der Waals surface area contributed by atoms with E-state index in [0.29, 0.717) is 26.1 Å². The summed E-state index contributed by atoms with van der Waals surface area (Å²) in [7, 11) is 9.87. The first-order valence-corrected chi connectivity index (χ1v) is 34.1. The van der Waals surface area contributed by atoms with Crippen LogP contribution < -0.4 is 21.3 Å². The van der Waals surface area contributed by atoms with Crippen molar-refractivity contribution in [1.82, 2.24) is 60.5 Å². The molecule has 11 amide bonds. The molecule has 13 atom stereocenters. The molecule has 2 saturated heterocycles. The van der Waals surface area contributed by atoms with Gasteiger partial charge in [-0.3, -0.25) is 57.6 Å². The van der Waals surface area contributed by atoms with Crippen LogP contribution in [0.4, 0.5) is 0 Å². The van der Waals surface area contributed by atoms with Crippen LogP contribution >= 0.6 is 0 Å². The van der Waals surface area contributed by atoms with Crippen molar-refractivity contribution < 1.29 is 67.3 Å². The Morgan fingerprint density at radius 1 is 0.532 bits per heavy atom. The number of amides is 11. The first-order chi connectivity index (χ1) is 43.8. The summed E-state index contributed by atoms with van der Waals surface area (Å²) >= 11 is 0. The van der Waals surface area contributed by atoms with Crippen molar-refractivity contribution in [1.29, 1.82) is 0 Å². The second-order valence-electron chi connectivity index (χ2n) is 28.1. The molecule has 5 N–H and O–H groups in total. The molecule has 0 aromatic carbocycles. The fraction of sp³-hybridized carbons (Fsp3) is 0.809. The van der Waals surface area contributed by atoms with Gasteiger partial charge in [-0.1, -0.05) is 95.2 Å². The summed E-state index contributed by atoms with van der Waals surface area (Å²) < 4.78 is 11.8. The highest BCUT2D eigenvalue weighted by Gasteiger charge is 2.46. The lowest BCUT2D eigenvalue weighted by molar-refractivity contribution is -0.157. The summed E-state index contributed by atoms with van der Waals surface area (Å²) in [5.74, 6) is -10.0. The van der Waals surface area contributed by atoms with Crippen molar-refractivity contribution in [3.05, 3.63) is 12.2 Å². The zero-order valence-corrected chi connectivity index (χ0v) is 61.3.